The van der Waals surface area contributed by atoms with Gasteiger partial charge in [-0.2, -0.15) is 4.72 Å². The van der Waals surface area contributed by atoms with Crippen LogP contribution in [0.4, 0.5) is 10.5 Å². The summed E-state index contributed by atoms with van der Waals surface area (Å²) in [5, 5.41) is 15.1. The van der Waals surface area contributed by atoms with Gasteiger partial charge >= 0.3 is 12.0 Å². The molecule has 0 aromatic heterocycles. The Morgan fingerprint density at radius 2 is 1.66 bits per heavy atom. The van der Waals surface area contributed by atoms with Crippen LogP contribution in [0.1, 0.15) is 23.6 Å². The summed E-state index contributed by atoms with van der Waals surface area (Å²) in [5.41, 5.74) is 4.36. The van der Waals surface area contributed by atoms with Crippen molar-refractivity contribution in [1.29, 1.82) is 0 Å². The second kappa shape index (κ2) is 11.2. The summed E-state index contributed by atoms with van der Waals surface area (Å²) in [5.74, 6) is -1.26. The van der Waals surface area contributed by atoms with Crippen LogP contribution in [0, 0.1) is 13.8 Å². The summed E-state index contributed by atoms with van der Waals surface area (Å²) in [6, 6.07) is 18.0. The highest BCUT2D eigenvalue weighted by Crippen LogP contribution is 2.24. The van der Waals surface area contributed by atoms with E-state index in [1.54, 1.807) is 44.2 Å². The van der Waals surface area contributed by atoms with E-state index in [0.29, 0.717) is 23.4 Å². The van der Waals surface area contributed by atoms with Crippen LogP contribution in [-0.2, 0) is 21.2 Å². The summed E-state index contributed by atoms with van der Waals surface area (Å²) in [6.45, 7) is 5.80. The van der Waals surface area contributed by atoms with Gasteiger partial charge in [0.2, 0.25) is 10.0 Å². The Kier molecular flexibility index (Phi) is 8.26. The summed E-state index contributed by atoms with van der Waals surface area (Å²) < 4.78 is 28.1. The molecule has 3 aromatic carbocycles. The molecule has 0 radical (unpaired) electrons. The predicted octanol–water partition coefficient (Wildman–Crippen LogP) is 4.09. The number of benzene rings is 3. The molecule has 0 bridgehead atoms. The summed E-state index contributed by atoms with van der Waals surface area (Å²) in [4.78, 5) is 23.7. The highest BCUT2D eigenvalue weighted by molar-refractivity contribution is 7.89. The topological polar surface area (TPSA) is 125 Å². The Labute approximate surface area is 205 Å². The van der Waals surface area contributed by atoms with E-state index >= 15 is 0 Å². The van der Waals surface area contributed by atoms with Gasteiger partial charge in [-0.1, -0.05) is 48.5 Å². The predicted molar refractivity (Wildman–Crippen MR) is 136 cm³/mol. The van der Waals surface area contributed by atoms with Gasteiger partial charge in [0, 0.05) is 12.2 Å². The molecule has 0 saturated heterocycles. The molecular formula is C26H29N3O5S. The van der Waals surface area contributed by atoms with Gasteiger partial charge in [0.05, 0.1) is 4.90 Å². The van der Waals surface area contributed by atoms with Crippen molar-refractivity contribution in [3.63, 3.8) is 0 Å². The van der Waals surface area contributed by atoms with Crippen molar-refractivity contribution in [2.24, 2.45) is 0 Å². The van der Waals surface area contributed by atoms with Gasteiger partial charge in [-0.25, -0.2) is 13.2 Å². The van der Waals surface area contributed by atoms with Crippen LogP contribution < -0.4 is 15.4 Å². The molecule has 184 valence electrons. The number of aliphatic carboxylic acids is 1. The number of carbonyl (C=O) groups is 2. The van der Waals surface area contributed by atoms with Crippen molar-refractivity contribution >= 4 is 27.7 Å². The minimum Gasteiger partial charge on any atom is -0.480 e. The van der Waals surface area contributed by atoms with Crippen LogP contribution in [0.5, 0.6) is 0 Å². The highest BCUT2D eigenvalue weighted by atomic mass is 32.2. The molecule has 2 amide bonds. The SMILES string of the molecule is CCNC(=O)Nc1cccc(-c2ccc(CC(NS(=O)(=O)c3cc(C)ccc3C)C(=O)O)cc2)c1. The zero-order valence-corrected chi connectivity index (χ0v) is 20.6. The van der Waals surface area contributed by atoms with Gasteiger partial charge < -0.3 is 15.7 Å². The van der Waals surface area contributed by atoms with Crippen LogP contribution in [0.25, 0.3) is 11.1 Å². The third-order valence-electron chi connectivity index (χ3n) is 5.41. The zero-order chi connectivity index (χ0) is 25.6. The molecule has 0 heterocycles. The molecule has 4 N–H and O–H groups in total. The van der Waals surface area contributed by atoms with Crippen molar-refractivity contribution < 1.29 is 23.1 Å². The molecule has 0 aliphatic rings. The molecule has 8 nitrogen and oxygen atoms in total. The fraction of sp³-hybridized carbons (Fsp3) is 0.231. The van der Waals surface area contributed by atoms with Crippen LogP contribution in [0.3, 0.4) is 0 Å². The molecule has 1 atom stereocenters. The van der Waals surface area contributed by atoms with Gasteiger partial charge in [0.15, 0.2) is 0 Å². The Bertz CT molecular complexity index is 1320. The van der Waals surface area contributed by atoms with Crippen molar-refractivity contribution in [3.05, 3.63) is 83.4 Å². The molecule has 9 heteroatoms. The second-order valence-corrected chi connectivity index (χ2v) is 9.93. The number of urea groups is 1. The zero-order valence-electron chi connectivity index (χ0n) is 19.8. The number of carboxylic acids is 1. The van der Waals surface area contributed by atoms with Gasteiger partial charge in [-0.05, 0) is 73.2 Å². The van der Waals surface area contributed by atoms with Crippen LogP contribution >= 0.6 is 0 Å². The summed E-state index contributed by atoms with van der Waals surface area (Å²) >= 11 is 0. The molecule has 1 unspecified atom stereocenters. The lowest BCUT2D eigenvalue weighted by Crippen LogP contribution is -2.42. The fourth-order valence-corrected chi connectivity index (χ4v) is 5.13. The number of carboxylic acid groups (broad SMARTS) is 1. The van der Waals surface area contributed by atoms with E-state index in [1.165, 1.54) is 6.07 Å². The maximum Gasteiger partial charge on any atom is 0.322 e. The maximum absolute atomic E-state index is 12.9. The minimum atomic E-state index is -4.02. The van der Waals surface area contributed by atoms with E-state index < -0.39 is 22.0 Å². The fourth-order valence-electron chi connectivity index (χ4n) is 3.61. The molecule has 0 fully saturated rings. The lowest BCUT2D eigenvalue weighted by molar-refractivity contribution is -0.138. The van der Waals surface area contributed by atoms with Gasteiger partial charge in [-0.3, -0.25) is 4.79 Å². The Morgan fingerprint density at radius 3 is 2.31 bits per heavy atom. The van der Waals surface area contributed by atoms with Crippen molar-refractivity contribution in [2.45, 2.75) is 38.1 Å². The number of amides is 2. The van der Waals surface area contributed by atoms with Crippen LogP contribution in [0.2, 0.25) is 0 Å². The third-order valence-corrected chi connectivity index (χ3v) is 7.03. The Balaban J connectivity index is 1.76. The second-order valence-electron chi connectivity index (χ2n) is 8.25. The molecular weight excluding hydrogens is 466 g/mol. The number of rotatable bonds is 9. The summed E-state index contributed by atoms with van der Waals surface area (Å²) in [6.07, 6.45) is -0.0154. The van der Waals surface area contributed by atoms with Crippen LogP contribution in [-0.4, -0.2) is 38.1 Å². The molecule has 3 rings (SSSR count). The molecule has 35 heavy (non-hydrogen) atoms. The smallest absolute Gasteiger partial charge is 0.322 e. The first-order chi connectivity index (χ1) is 16.6. The molecule has 3 aromatic rings. The van der Waals surface area contributed by atoms with E-state index in [9.17, 15) is 23.1 Å². The average molecular weight is 496 g/mol. The Hall–Kier alpha value is -3.69. The molecule has 0 aliphatic carbocycles. The van der Waals surface area contributed by atoms with Crippen molar-refractivity contribution in [1.82, 2.24) is 10.0 Å². The number of aryl methyl sites for hydroxylation is 2. The van der Waals surface area contributed by atoms with E-state index in [2.05, 4.69) is 15.4 Å². The first-order valence-electron chi connectivity index (χ1n) is 11.2. The van der Waals surface area contributed by atoms with E-state index in [1.807, 2.05) is 37.3 Å². The normalized spacial score (nSPS) is 12.1. The quantitative estimate of drug-likeness (QED) is 0.356. The number of nitrogens with one attached hydrogen (secondary N) is 3. The molecule has 0 saturated carbocycles. The lowest BCUT2D eigenvalue weighted by Gasteiger charge is -2.17. The lowest BCUT2D eigenvalue weighted by atomic mass is 10.0. The first kappa shape index (κ1) is 25.9. The van der Waals surface area contributed by atoms with Gasteiger partial charge in [0.1, 0.15) is 6.04 Å². The number of hydrogen-bond acceptors (Lipinski definition) is 4. The number of anilines is 1. The first-order valence-corrected chi connectivity index (χ1v) is 12.6. The van der Waals surface area contributed by atoms with Crippen LogP contribution in [0.15, 0.2) is 71.6 Å². The van der Waals surface area contributed by atoms with Gasteiger partial charge in [-0.15, -0.1) is 0 Å². The third kappa shape index (κ3) is 6.91. The Morgan fingerprint density at radius 1 is 0.943 bits per heavy atom. The average Bonchev–Trinajstić information content (AvgIpc) is 2.80. The van der Waals surface area contributed by atoms with Crippen molar-refractivity contribution in [3.8, 4) is 11.1 Å². The van der Waals surface area contributed by atoms with Gasteiger partial charge in [0.25, 0.3) is 0 Å². The number of carbonyl (C=O) groups excluding carboxylic acids is 1. The van der Waals surface area contributed by atoms with E-state index in [4.69, 9.17) is 0 Å². The van der Waals surface area contributed by atoms with E-state index in [0.717, 1.165) is 16.7 Å². The molecule has 0 spiro atoms. The van der Waals surface area contributed by atoms with Crippen molar-refractivity contribution in [2.75, 3.05) is 11.9 Å². The van der Waals surface area contributed by atoms with E-state index in [-0.39, 0.29) is 17.3 Å². The number of sulfonamides is 1. The monoisotopic (exact) mass is 495 g/mol. The molecule has 0 aliphatic heterocycles. The summed E-state index contributed by atoms with van der Waals surface area (Å²) in [7, 11) is -4.02. The largest absolute Gasteiger partial charge is 0.480 e. The minimum absolute atomic E-state index is 0.0154. The highest BCUT2D eigenvalue weighted by Gasteiger charge is 2.27. The maximum atomic E-state index is 12.9. The number of hydrogen-bond donors (Lipinski definition) is 4. The standard InChI is InChI=1S/C26H29N3O5S/c1-4-27-26(32)28-22-7-5-6-21(16-22)20-12-10-19(11-13-20)15-23(25(30)31)29-35(33,34)24-14-17(2)8-9-18(24)3/h5-14,16,23,29H,4,15H2,1-3H3,(H,30,31)(H2,27,28,32).